The highest BCUT2D eigenvalue weighted by Crippen LogP contribution is 2.58. The van der Waals surface area contributed by atoms with E-state index in [0.29, 0.717) is 61.5 Å². The van der Waals surface area contributed by atoms with Crippen LogP contribution in [0, 0.1) is 23.7 Å². The van der Waals surface area contributed by atoms with Gasteiger partial charge in [0.15, 0.2) is 12.2 Å². The summed E-state index contributed by atoms with van der Waals surface area (Å²) in [7, 11) is 0. The van der Waals surface area contributed by atoms with Crippen molar-refractivity contribution in [2.75, 3.05) is 52.9 Å². The van der Waals surface area contributed by atoms with Crippen LogP contribution in [0.25, 0.3) is 0 Å². The lowest BCUT2D eigenvalue weighted by Gasteiger charge is -2.23. The van der Waals surface area contributed by atoms with E-state index in [2.05, 4.69) is 13.2 Å². The van der Waals surface area contributed by atoms with Crippen molar-refractivity contribution in [3.8, 4) is 11.5 Å². The minimum Gasteiger partial charge on any atom is -0.490 e. The fourth-order valence-electron chi connectivity index (χ4n) is 7.97. The first-order valence-electron chi connectivity index (χ1n) is 22.6. The molecule has 12 nitrogen and oxygen atoms in total. The summed E-state index contributed by atoms with van der Waals surface area (Å²) in [5, 5.41) is 0. The van der Waals surface area contributed by atoms with Crippen LogP contribution in [0.15, 0.2) is 85.0 Å². The number of hydrogen-bond donors (Lipinski definition) is 0. The molecule has 0 aromatic heterocycles. The number of hydrogen-bond acceptors (Lipinski definition) is 12. The molecular formula is C50H72O12. The minimum absolute atomic E-state index is 0.228. The predicted octanol–water partition coefficient (Wildman–Crippen LogP) is 9.44. The lowest BCUT2D eigenvalue weighted by atomic mass is 9.82. The van der Waals surface area contributed by atoms with Gasteiger partial charge in [-0.25, -0.2) is 9.59 Å². The molecule has 2 aromatic carbocycles. The molecule has 344 valence electrons. The van der Waals surface area contributed by atoms with E-state index in [0.717, 1.165) is 0 Å². The number of ether oxygens (including phenoxy) is 8. The van der Waals surface area contributed by atoms with Gasteiger partial charge in [0.25, 0.3) is 0 Å². The number of benzene rings is 2. The van der Waals surface area contributed by atoms with E-state index in [4.69, 9.17) is 37.9 Å². The van der Waals surface area contributed by atoms with Crippen molar-refractivity contribution < 1.29 is 57.1 Å². The number of rotatable bonds is 26. The van der Waals surface area contributed by atoms with E-state index in [-0.39, 0.29) is 64.4 Å². The molecule has 3 fully saturated rings. The molecule has 3 saturated carbocycles. The average molecular weight is 865 g/mol. The van der Waals surface area contributed by atoms with E-state index in [1.165, 1.54) is 23.7 Å². The van der Waals surface area contributed by atoms with Crippen molar-refractivity contribution in [3.05, 3.63) is 85.0 Å². The van der Waals surface area contributed by atoms with Crippen LogP contribution in [-0.4, -0.2) is 88.9 Å². The molecule has 3 aliphatic rings. The van der Waals surface area contributed by atoms with Crippen molar-refractivity contribution in [3.63, 3.8) is 0 Å². The highest BCUT2D eigenvalue weighted by atomic mass is 16.6. The van der Waals surface area contributed by atoms with Gasteiger partial charge in [-0.2, -0.15) is 0 Å². The van der Waals surface area contributed by atoms with Crippen LogP contribution in [-0.2, 0) is 47.6 Å². The first kappa shape index (κ1) is 51.7. The maximum atomic E-state index is 12.0. The normalized spacial score (nSPS) is 18.9. The van der Waals surface area contributed by atoms with E-state index in [1.807, 2.05) is 74.5 Å². The Balaban J connectivity index is 0.000000268. The summed E-state index contributed by atoms with van der Waals surface area (Å²) in [4.78, 5) is 46.4. The lowest BCUT2D eigenvalue weighted by molar-refractivity contribution is -0.155. The molecule has 62 heavy (non-hydrogen) atoms. The molecule has 0 radical (unpaired) electrons. The van der Waals surface area contributed by atoms with Crippen LogP contribution in [0.5, 0.6) is 11.5 Å². The molecule has 0 spiro atoms. The average Bonchev–Trinajstić information content (AvgIpc) is 4.04. The lowest BCUT2D eigenvalue weighted by Crippen LogP contribution is -2.30. The van der Waals surface area contributed by atoms with E-state index in [1.54, 1.807) is 52.4 Å². The Kier molecular flexibility index (Phi) is 25.3. The minimum atomic E-state index is -0.469. The maximum absolute atomic E-state index is 12.0. The summed E-state index contributed by atoms with van der Waals surface area (Å²) < 4.78 is 42.8. The third-order valence-corrected chi connectivity index (χ3v) is 11.0. The van der Waals surface area contributed by atoms with Crippen LogP contribution in [0.3, 0.4) is 0 Å². The Labute approximate surface area is 370 Å². The van der Waals surface area contributed by atoms with Crippen molar-refractivity contribution in [1.82, 2.24) is 0 Å². The Bertz CT molecular complexity index is 1490. The SMILES string of the molecule is C1CC2C3CCC(C3)C2C1.C=C(C)C(=O)OCCCCC(=O)OC(COCC)COc1ccccc1.C=C(C)C(=O)OCCCCC(=O)OC(COCC)COc1ccccc1. The third-order valence-electron chi connectivity index (χ3n) is 11.0. The second-order valence-corrected chi connectivity index (χ2v) is 16.1. The molecule has 3 aliphatic carbocycles. The van der Waals surface area contributed by atoms with Gasteiger partial charge in [-0.1, -0.05) is 56.0 Å². The Hall–Kier alpha value is -4.68. The van der Waals surface area contributed by atoms with Gasteiger partial charge in [0.2, 0.25) is 0 Å². The molecule has 2 aromatic rings. The van der Waals surface area contributed by atoms with Gasteiger partial charge >= 0.3 is 23.9 Å². The highest BCUT2D eigenvalue weighted by molar-refractivity contribution is 5.87. The van der Waals surface area contributed by atoms with Crippen LogP contribution < -0.4 is 9.47 Å². The summed E-state index contributed by atoms with van der Waals surface area (Å²) in [5.41, 5.74) is 0.725. The van der Waals surface area contributed by atoms with Gasteiger partial charge < -0.3 is 37.9 Å². The first-order valence-corrected chi connectivity index (χ1v) is 22.6. The zero-order valence-electron chi connectivity index (χ0n) is 37.7. The van der Waals surface area contributed by atoms with Crippen LogP contribution in [0.2, 0.25) is 0 Å². The zero-order valence-corrected chi connectivity index (χ0v) is 37.7. The Morgan fingerprint density at radius 3 is 1.35 bits per heavy atom. The second-order valence-electron chi connectivity index (χ2n) is 16.1. The topological polar surface area (TPSA) is 142 Å². The number of para-hydroxylation sites is 2. The molecular weight excluding hydrogens is 793 g/mol. The van der Waals surface area contributed by atoms with Crippen LogP contribution in [0.1, 0.15) is 105 Å². The molecule has 0 aliphatic heterocycles. The van der Waals surface area contributed by atoms with Gasteiger partial charge in [0.1, 0.15) is 24.7 Å². The van der Waals surface area contributed by atoms with E-state index >= 15 is 0 Å². The summed E-state index contributed by atoms with van der Waals surface area (Å²) >= 11 is 0. The van der Waals surface area contributed by atoms with Gasteiger partial charge in [-0.15, -0.1) is 0 Å². The van der Waals surface area contributed by atoms with Crippen LogP contribution in [0.4, 0.5) is 0 Å². The van der Waals surface area contributed by atoms with Crippen molar-refractivity contribution in [2.45, 2.75) is 117 Å². The fraction of sp³-hybridized carbons (Fsp3) is 0.600. The summed E-state index contributed by atoms with van der Waals surface area (Å²) in [6.07, 6.45) is 11.4. The first-order chi connectivity index (χ1) is 30.0. The number of esters is 4. The van der Waals surface area contributed by atoms with Gasteiger partial charge in [0, 0.05) is 37.2 Å². The smallest absolute Gasteiger partial charge is 0.333 e. The molecule has 6 unspecified atom stereocenters. The number of carbonyl (C=O) groups is 4. The van der Waals surface area contributed by atoms with Crippen molar-refractivity contribution >= 4 is 23.9 Å². The molecule has 2 bridgehead atoms. The summed E-state index contributed by atoms with van der Waals surface area (Å²) in [5.74, 6) is 4.75. The van der Waals surface area contributed by atoms with E-state index in [9.17, 15) is 19.2 Å². The third kappa shape index (κ3) is 20.9. The molecule has 0 saturated heterocycles. The molecule has 5 rings (SSSR count). The molecule has 12 heteroatoms. The standard InChI is InChI=1S/2C20H28O6.C10H16/c2*1-4-23-14-18(15-25-17-10-6-5-7-11-17)26-19(21)12-8-9-13-24-20(22)16(2)3;1-2-9-7-4-5-8(6-7)10(9)3-1/h2*5-7,10-11,18H,2,4,8-9,12-15H2,1,3H3;7-10H,1-6H2. The summed E-state index contributed by atoms with van der Waals surface area (Å²) in [6.45, 7) is 16.6. The van der Waals surface area contributed by atoms with Crippen LogP contribution >= 0.6 is 0 Å². The zero-order chi connectivity index (χ0) is 45.0. The second kappa shape index (κ2) is 30.4. The van der Waals surface area contributed by atoms with Crippen molar-refractivity contribution in [1.29, 1.82) is 0 Å². The number of carbonyl (C=O) groups excluding carboxylic acids is 4. The van der Waals surface area contributed by atoms with E-state index < -0.39 is 24.1 Å². The number of fused-ring (bicyclic) bond motifs is 5. The monoisotopic (exact) mass is 865 g/mol. The van der Waals surface area contributed by atoms with Gasteiger partial charge in [-0.3, -0.25) is 9.59 Å². The molecule has 0 amide bonds. The largest absolute Gasteiger partial charge is 0.490 e. The Morgan fingerprint density at radius 2 is 0.984 bits per heavy atom. The molecule has 0 N–H and O–H groups in total. The highest BCUT2D eigenvalue weighted by Gasteiger charge is 2.48. The fourth-order valence-corrected chi connectivity index (χ4v) is 7.97. The summed E-state index contributed by atoms with van der Waals surface area (Å²) in [6, 6.07) is 18.7. The maximum Gasteiger partial charge on any atom is 0.333 e. The molecule has 6 atom stereocenters. The van der Waals surface area contributed by atoms with Gasteiger partial charge in [-0.05, 0) is 133 Å². The van der Waals surface area contributed by atoms with Gasteiger partial charge in [0.05, 0.1) is 26.4 Å². The Morgan fingerprint density at radius 1 is 0.581 bits per heavy atom. The predicted molar refractivity (Wildman–Crippen MR) is 238 cm³/mol. The number of unbranched alkanes of at least 4 members (excludes halogenated alkanes) is 2. The van der Waals surface area contributed by atoms with Crippen molar-refractivity contribution in [2.24, 2.45) is 23.7 Å². The quantitative estimate of drug-likeness (QED) is 0.0385. The molecule has 0 heterocycles.